The number of likely N-dealkylation sites (tertiary alicyclic amines) is 1. The minimum absolute atomic E-state index is 0.124. The first kappa shape index (κ1) is 24.9. The maximum absolute atomic E-state index is 13.7. The number of halogens is 3. The number of aromatic amines is 1. The first-order chi connectivity index (χ1) is 17.8. The van der Waals surface area contributed by atoms with Crippen LogP contribution in [0.2, 0.25) is 10.0 Å². The molecule has 5 rings (SSSR count). The van der Waals surface area contributed by atoms with Gasteiger partial charge in [0.05, 0.1) is 23.7 Å². The number of ketones is 1. The van der Waals surface area contributed by atoms with Gasteiger partial charge < -0.3 is 19.7 Å². The Labute approximate surface area is 221 Å². The Morgan fingerprint density at radius 3 is 2.54 bits per heavy atom. The lowest BCUT2D eigenvalue weighted by Gasteiger charge is -2.25. The molecule has 0 aliphatic carbocycles. The van der Waals surface area contributed by atoms with Gasteiger partial charge in [-0.2, -0.15) is 0 Å². The van der Waals surface area contributed by atoms with Crippen LogP contribution >= 0.6 is 23.2 Å². The van der Waals surface area contributed by atoms with Crippen molar-refractivity contribution in [3.8, 4) is 5.75 Å². The van der Waals surface area contributed by atoms with Crippen LogP contribution in [0.3, 0.4) is 0 Å². The van der Waals surface area contributed by atoms with Crippen molar-refractivity contribution >= 4 is 51.6 Å². The maximum Gasteiger partial charge on any atom is 0.295 e. The first-order valence-electron chi connectivity index (χ1n) is 11.4. The van der Waals surface area contributed by atoms with Crippen LogP contribution in [-0.4, -0.2) is 40.3 Å². The van der Waals surface area contributed by atoms with E-state index >= 15 is 0 Å². The van der Waals surface area contributed by atoms with E-state index in [1.807, 2.05) is 24.4 Å². The van der Waals surface area contributed by atoms with Crippen molar-refractivity contribution in [1.82, 2.24) is 9.88 Å². The van der Waals surface area contributed by atoms with Gasteiger partial charge in [0.1, 0.15) is 17.3 Å². The third-order valence-corrected chi connectivity index (χ3v) is 7.06. The van der Waals surface area contributed by atoms with Gasteiger partial charge in [-0.1, -0.05) is 35.3 Å². The van der Waals surface area contributed by atoms with E-state index in [1.165, 1.54) is 47.4 Å². The number of hydrogen-bond donors (Lipinski definition) is 2. The Bertz CT molecular complexity index is 1560. The standard InChI is InChI=1S/C28H21Cl2FN2O4/c1-37-19-7-9-23-21(13-19)16(14-32-23)10-11-33-25(15-2-5-18(31)6-3-15)24(27(35)28(33)36)26(34)20-8-4-17(29)12-22(20)30/h2-9,12-14,25,32,34H,10-11H2,1H3/t25-/m1/s1. The van der Waals surface area contributed by atoms with Gasteiger partial charge in [0.15, 0.2) is 0 Å². The first-order valence-corrected chi connectivity index (χ1v) is 12.2. The summed E-state index contributed by atoms with van der Waals surface area (Å²) in [4.78, 5) is 31.1. The zero-order chi connectivity index (χ0) is 26.3. The lowest BCUT2D eigenvalue weighted by Crippen LogP contribution is -2.31. The maximum atomic E-state index is 13.7. The van der Waals surface area contributed by atoms with Crippen LogP contribution in [0, 0.1) is 5.82 Å². The Balaban J connectivity index is 1.57. The number of benzene rings is 3. The van der Waals surface area contributed by atoms with Gasteiger partial charge >= 0.3 is 0 Å². The predicted octanol–water partition coefficient (Wildman–Crippen LogP) is 6.29. The van der Waals surface area contributed by atoms with Crippen molar-refractivity contribution in [2.24, 2.45) is 0 Å². The van der Waals surface area contributed by atoms with E-state index in [0.29, 0.717) is 22.8 Å². The monoisotopic (exact) mass is 538 g/mol. The highest BCUT2D eigenvalue weighted by molar-refractivity contribution is 6.47. The molecule has 37 heavy (non-hydrogen) atoms. The number of amides is 1. The quantitative estimate of drug-likeness (QED) is 0.172. The molecular weight excluding hydrogens is 518 g/mol. The van der Waals surface area contributed by atoms with Gasteiger partial charge in [0.2, 0.25) is 0 Å². The van der Waals surface area contributed by atoms with E-state index in [1.54, 1.807) is 7.11 Å². The highest BCUT2D eigenvalue weighted by Crippen LogP contribution is 2.41. The summed E-state index contributed by atoms with van der Waals surface area (Å²) >= 11 is 12.3. The van der Waals surface area contributed by atoms with Crippen molar-refractivity contribution < 1.29 is 23.8 Å². The summed E-state index contributed by atoms with van der Waals surface area (Å²) in [5.74, 6) is -1.81. The minimum Gasteiger partial charge on any atom is -0.507 e. The van der Waals surface area contributed by atoms with Crippen LogP contribution in [0.15, 0.2) is 72.4 Å². The molecule has 3 aromatic carbocycles. The van der Waals surface area contributed by atoms with Gasteiger partial charge in [-0.3, -0.25) is 9.59 Å². The normalized spacial score (nSPS) is 17.1. The van der Waals surface area contributed by atoms with Crippen molar-refractivity contribution in [2.75, 3.05) is 13.7 Å². The third kappa shape index (κ3) is 4.56. The average molecular weight is 539 g/mol. The number of fused-ring (bicyclic) bond motifs is 1. The summed E-state index contributed by atoms with van der Waals surface area (Å²) in [5, 5.41) is 12.6. The Morgan fingerprint density at radius 1 is 1.08 bits per heavy atom. The molecule has 2 N–H and O–H groups in total. The number of carbonyl (C=O) groups is 2. The fourth-order valence-electron chi connectivity index (χ4n) is 4.66. The number of rotatable bonds is 6. The number of methoxy groups -OCH3 is 1. The number of aliphatic hydroxyl groups is 1. The van der Waals surface area contributed by atoms with Crippen molar-refractivity contribution in [3.05, 3.63) is 105 Å². The van der Waals surface area contributed by atoms with Crippen LogP contribution < -0.4 is 4.74 Å². The molecule has 2 heterocycles. The van der Waals surface area contributed by atoms with Crippen molar-refractivity contribution in [1.29, 1.82) is 0 Å². The fraction of sp³-hybridized carbons (Fsp3) is 0.143. The summed E-state index contributed by atoms with van der Waals surface area (Å²) in [7, 11) is 1.59. The number of hydrogen-bond acceptors (Lipinski definition) is 4. The molecule has 6 nitrogen and oxygen atoms in total. The molecule has 1 atom stereocenters. The number of aromatic nitrogens is 1. The van der Waals surface area contributed by atoms with Crippen LogP contribution in [0.1, 0.15) is 22.7 Å². The fourth-order valence-corrected chi connectivity index (χ4v) is 5.16. The van der Waals surface area contributed by atoms with E-state index in [0.717, 1.165) is 16.5 Å². The molecule has 4 aromatic rings. The lowest BCUT2D eigenvalue weighted by molar-refractivity contribution is -0.139. The van der Waals surface area contributed by atoms with Crippen LogP contribution in [-0.2, 0) is 16.0 Å². The molecule has 188 valence electrons. The van der Waals surface area contributed by atoms with Gasteiger partial charge in [0, 0.05) is 34.2 Å². The average Bonchev–Trinajstić information content (AvgIpc) is 3.40. The second-order valence-corrected chi connectivity index (χ2v) is 9.49. The van der Waals surface area contributed by atoms with E-state index in [9.17, 15) is 19.1 Å². The summed E-state index contributed by atoms with van der Waals surface area (Å²) in [5.41, 5.74) is 2.36. The van der Waals surface area contributed by atoms with Crippen LogP contribution in [0.5, 0.6) is 5.75 Å². The Hall–Kier alpha value is -3.81. The summed E-state index contributed by atoms with van der Waals surface area (Å²) < 4.78 is 19.1. The molecule has 1 saturated heterocycles. The summed E-state index contributed by atoms with van der Waals surface area (Å²) in [6.07, 6.45) is 2.26. The number of nitrogens with one attached hydrogen (secondary N) is 1. The highest BCUT2D eigenvalue weighted by atomic mass is 35.5. The summed E-state index contributed by atoms with van der Waals surface area (Å²) in [6.45, 7) is 0.169. The number of carbonyl (C=O) groups excluding carboxylic acids is 2. The Morgan fingerprint density at radius 2 is 1.84 bits per heavy atom. The number of ether oxygens (including phenoxy) is 1. The molecule has 0 spiro atoms. The molecule has 0 bridgehead atoms. The van der Waals surface area contributed by atoms with E-state index in [2.05, 4.69) is 4.98 Å². The minimum atomic E-state index is -0.938. The predicted molar refractivity (Wildman–Crippen MR) is 140 cm³/mol. The number of Topliss-reactive ketones (excluding diaryl/α,β-unsaturated/α-hetero) is 1. The van der Waals surface area contributed by atoms with E-state index in [-0.39, 0.29) is 22.7 Å². The Kier molecular flexibility index (Phi) is 6.67. The van der Waals surface area contributed by atoms with Crippen molar-refractivity contribution in [2.45, 2.75) is 12.5 Å². The van der Waals surface area contributed by atoms with E-state index < -0.39 is 29.3 Å². The second-order valence-electron chi connectivity index (χ2n) is 8.64. The topological polar surface area (TPSA) is 82.6 Å². The lowest BCUT2D eigenvalue weighted by atomic mass is 9.95. The van der Waals surface area contributed by atoms with Gasteiger partial charge in [-0.05, 0) is 66.1 Å². The van der Waals surface area contributed by atoms with Gasteiger partial charge in [0.25, 0.3) is 11.7 Å². The van der Waals surface area contributed by atoms with Crippen molar-refractivity contribution in [3.63, 3.8) is 0 Å². The molecule has 0 saturated carbocycles. The molecule has 9 heteroatoms. The second kappa shape index (κ2) is 9.92. The molecule has 0 unspecified atom stereocenters. The molecule has 0 radical (unpaired) electrons. The largest absolute Gasteiger partial charge is 0.507 e. The molecule has 1 amide bonds. The van der Waals surface area contributed by atoms with Crippen LogP contribution in [0.25, 0.3) is 16.7 Å². The molecule has 1 aliphatic heterocycles. The van der Waals surface area contributed by atoms with Gasteiger partial charge in [-0.15, -0.1) is 0 Å². The zero-order valence-corrected chi connectivity index (χ0v) is 21.1. The zero-order valence-electron chi connectivity index (χ0n) is 19.6. The molecule has 1 aliphatic rings. The number of H-pyrrole nitrogens is 1. The van der Waals surface area contributed by atoms with Gasteiger partial charge in [-0.25, -0.2) is 4.39 Å². The number of nitrogens with zero attached hydrogens (tertiary/aromatic N) is 1. The third-order valence-electron chi connectivity index (χ3n) is 6.51. The number of aliphatic hydroxyl groups excluding tert-OH is 1. The highest BCUT2D eigenvalue weighted by Gasteiger charge is 2.46. The molecule has 1 fully saturated rings. The molecular formula is C28H21Cl2FN2O4. The van der Waals surface area contributed by atoms with E-state index in [4.69, 9.17) is 27.9 Å². The summed E-state index contributed by atoms with van der Waals surface area (Å²) in [6, 6.07) is 14.6. The molecule has 1 aromatic heterocycles. The smallest absolute Gasteiger partial charge is 0.295 e. The van der Waals surface area contributed by atoms with Crippen LogP contribution in [0.4, 0.5) is 4.39 Å². The SMILES string of the molecule is COc1ccc2[nH]cc(CCN3C(=O)C(=O)C(=C(O)c4ccc(Cl)cc4Cl)[C@H]3c3ccc(F)cc3)c2c1.